The van der Waals surface area contributed by atoms with Crippen molar-refractivity contribution in [2.75, 3.05) is 7.11 Å². The molecule has 0 N–H and O–H groups in total. The second kappa shape index (κ2) is 3.97. The third-order valence-electron chi connectivity index (χ3n) is 2.68. The van der Waals surface area contributed by atoms with Crippen molar-refractivity contribution in [2.24, 2.45) is 0 Å². The molecule has 0 unspecified atom stereocenters. The van der Waals surface area contributed by atoms with Gasteiger partial charge in [0.15, 0.2) is 5.78 Å². The van der Waals surface area contributed by atoms with Crippen molar-refractivity contribution in [1.82, 2.24) is 0 Å². The molecule has 2 aromatic rings. The maximum atomic E-state index is 11.5. The highest BCUT2D eigenvalue weighted by atomic mass is 16.5. The van der Waals surface area contributed by atoms with Gasteiger partial charge in [0.25, 0.3) is 0 Å². The predicted molar refractivity (Wildman–Crippen MR) is 65.2 cm³/mol. The number of ether oxygens (including phenoxy) is 1. The van der Waals surface area contributed by atoms with Crippen LogP contribution >= 0.6 is 0 Å². The molecule has 0 bridgehead atoms. The second-order valence-corrected chi connectivity index (χ2v) is 3.96. The van der Waals surface area contributed by atoms with E-state index in [-0.39, 0.29) is 5.78 Å². The van der Waals surface area contributed by atoms with E-state index in [1.165, 1.54) is 0 Å². The second-order valence-electron chi connectivity index (χ2n) is 3.96. The van der Waals surface area contributed by atoms with Crippen LogP contribution in [0.25, 0.3) is 10.8 Å². The standard InChI is InChI=1S/C14H14O2/c1-9-6-11-8-12(16-3)4-5-13(11)14(7-9)10(2)15/h4-8H,1-3H3. The summed E-state index contributed by atoms with van der Waals surface area (Å²) in [5.41, 5.74) is 1.86. The molecule has 2 heteroatoms. The first-order valence-electron chi connectivity index (χ1n) is 5.21. The Kier molecular flexibility index (Phi) is 2.65. The minimum atomic E-state index is 0.0962. The van der Waals surface area contributed by atoms with Crippen LogP contribution in [0.3, 0.4) is 0 Å². The fourth-order valence-corrected chi connectivity index (χ4v) is 1.92. The number of carbonyl (C=O) groups is 1. The summed E-state index contributed by atoms with van der Waals surface area (Å²) in [7, 11) is 1.64. The molecule has 0 aliphatic carbocycles. The van der Waals surface area contributed by atoms with Gasteiger partial charge in [-0.05, 0) is 54.4 Å². The molecule has 82 valence electrons. The van der Waals surface area contributed by atoms with Crippen LogP contribution in [0.2, 0.25) is 0 Å². The van der Waals surface area contributed by atoms with E-state index < -0.39 is 0 Å². The van der Waals surface area contributed by atoms with Crippen LogP contribution in [-0.2, 0) is 0 Å². The van der Waals surface area contributed by atoms with Crippen molar-refractivity contribution in [3.8, 4) is 5.75 Å². The van der Waals surface area contributed by atoms with Crippen LogP contribution in [0.15, 0.2) is 30.3 Å². The van der Waals surface area contributed by atoms with E-state index in [1.807, 2.05) is 31.2 Å². The Morgan fingerprint density at radius 2 is 1.94 bits per heavy atom. The van der Waals surface area contributed by atoms with Gasteiger partial charge in [0, 0.05) is 5.56 Å². The number of rotatable bonds is 2. The van der Waals surface area contributed by atoms with Gasteiger partial charge in [-0.25, -0.2) is 0 Å². The Balaban J connectivity index is 2.78. The number of ketones is 1. The van der Waals surface area contributed by atoms with Crippen LogP contribution in [0.5, 0.6) is 5.75 Å². The zero-order valence-corrected chi connectivity index (χ0v) is 9.70. The number of aryl methyl sites for hydroxylation is 1. The highest BCUT2D eigenvalue weighted by Crippen LogP contribution is 2.25. The molecule has 0 aliphatic rings. The number of hydrogen-bond donors (Lipinski definition) is 0. The molecule has 0 atom stereocenters. The lowest BCUT2D eigenvalue weighted by Crippen LogP contribution is -1.95. The molecule has 0 spiro atoms. The van der Waals surface area contributed by atoms with Crippen molar-refractivity contribution in [2.45, 2.75) is 13.8 Å². The number of methoxy groups -OCH3 is 1. The largest absolute Gasteiger partial charge is 0.497 e. The van der Waals surface area contributed by atoms with Gasteiger partial charge in [-0.3, -0.25) is 4.79 Å². The van der Waals surface area contributed by atoms with Crippen LogP contribution in [0, 0.1) is 6.92 Å². The summed E-state index contributed by atoms with van der Waals surface area (Å²) in [6, 6.07) is 9.75. The normalized spacial score (nSPS) is 10.4. The smallest absolute Gasteiger partial charge is 0.160 e. The summed E-state index contributed by atoms with van der Waals surface area (Å²) in [5.74, 6) is 0.909. The number of carbonyl (C=O) groups excluding carboxylic acids is 1. The minimum absolute atomic E-state index is 0.0962. The summed E-state index contributed by atoms with van der Waals surface area (Å²) < 4.78 is 5.18. The molecular formula is C14H14O2. The fraction of sp³-hybridized carbons (Fsp3) is 0.214. The molecule has 0 saturated carbocycles. The van der Waals surface area contributed by atoms with E-state index in [9.17, 15) is 4.79 Å². The number of fused-ring (bicyclic) bond motifs is 1. The van der Waals surface area contributed by atoms with Crippen molar-refractivity contribution < 1.29 is 9.53 Å². The summed E-state index contributed by atoms with van der Waals surface area (Å²) in [6.07, 6.45) is 0. The van der Waals surface area contributed by atoms with Gasteiger partial charge < -0.3 is 4.74 Å². The molecule has 2 aromatic carbocycles. The summed E-state index contributed by atoms with van der Waals surface area (Å²) in [4.78, 5) is 11.5. The van der Waals surface area contributed by atoms with Crippen molar-refractivity contribution >= 4 is 16.6 Å². The first kappa shape index (κ1) is 10.7. The van der Waals surface area contributed by atoms with E-state index in [2.05, 4.69) is 6.07 Å². The maximum absolute atomic E-state index is 11.5. The van der Waals surface area contributed by atoms with E-state index in [1.54, 1.807) is 14.0 Å². The zero-order chi connectivity index (χ0) is 11.7. The van der Waals surface area contributed by atoms with Gasteiger partial charge in [0.05, 0.1) is 7.11 Å². The highest BCUT2D eigenvalue weighted by Gasteiger charge is 2.07. The first-order chi connectivity index (χ1) is 7.61. The maximum Gasteiger partial charge on any atom is 0.160 e. The van der Waals surface area contributed by atoms with Gasteiger partial charge in [-0.15, -0.1) is 0 Å². The first-order valence-corrected chi connectivity index (χ1v) is 5.21. The minimum Gasteiger partial charge on any atom is -0.497 e. The average Bonchev–Trinajstić information content (AvgIpc) is 2.26. The molecule has 0 fully saturated rings. The molecule has 2 nitrogen and oxygen atoms in total. The SMILES string of the molecule is COc1ccc2c(C(C)=O)cc(C)cc2c1. The zero-order valence-electron chi connectivity index (χ0n) is 9.70. The lowest BCUT2D eigenvalue weighted by Gasteiger charge is -2.07. The number of hydrogen-bond acceptors (Lipinski definition) is 2. The molecule has 0 amide bonds. The topological polar surface area (TPSA) is 26.3 Å². The predicted octanol–water partition coefficient (Wildman–Crippen LogP) is 3.36. The van der Waals surface area contributed by atoms with Crippen molar-refractivity contribution in [3.05, 3.63) is 41.5 Å². The van der Waals surface area contributed by atoms with Gasteiger partial charge in [-0.2, -0.15) is 0 Å². The van der Waals surface area contributed by atoms with Gasteiger partial charge in [0.2, 0.25) is 0 Å². The Hall–Kier alpha value is -1.83. The Morgan fingerprint density at radius 1 is 1.19 bits per heavy atom. The molecule has 0 heterocycles. The van der Waals surface area contributed by atoms with Crippen LogP contribution in [0.1, 0.15) is 22.8 Å². The van der Waals surface area contributed by atoms with Gasteiger partial charge >= 0.3 is 0 Å². The third kappa shape index (κ3) is 1.78. The molecule has 0 aliphatic heterocycles. The van der Waals surface area contributed by atoms with E-state index >= 15 is 0 Å². The average molecular weight is 214 g/mol. The van der Waals surface area contributed by atoms with Crippen molar-refractivity contribution in [3.63, 3.8) is 0 Å². The fourth-order valence-electron chi connectivity index (χ4n) is 1.92. The number of benzene rings is 2. The molecule has 0 saturated heterocycles. The molecule has 16 heavy (non-hydrogen) atoms. The summed E-state index contributed by atoms with van der Waals surface area (Å²) in [6.45, 7) is 3.59. The summed E-state index contributed by atoms with van der Waals surface area (Å²) >= 11 is 0. The van der Waals surface area contributed by atoms with Gasteiger partial charge in [-0.1, -0.05) is 6.07 Å². The lowest BCUT2D eigenvalue weighted by atomic mass is 9.99. The van der Waals surface area contributed by atoms with Crippen LogP contribution < -0.4 is 4.74 Å². The molecule has 2 rings (SSSR count). The monoisotopic (exact) mass is 214 g/mol. The molecule has 0 aromatic heterocycles. The van der Waals surface area contributed by atoms with Crippen LogP contribution in [0.4, 0.5) is 0 Å². The van der Waals surface area contributed by atoms with E-state index in [4.69, 9.17) is 4.74 Å². The summed E-state index contributed by atoms with van der Waals surface area (Å²) in [5, 5.41) is 2.03. The van der Waals surface area contributed by atoms with Crippen LogP contribution in [-0.4, -0.2) is 12.9 Å². The van der Waals surface area contributed by atoms with E-state index in [0.717, 1.165) is 27.6 Å². The highest BCUT2D eigenvalue weighted by molar-refractivity contribution is 6.07. The third-order valence-corrected chi connectivity index (χ3v) is 2.68. The number of Topliss-reactive ketones (excluding diaryl/α,β-unsaturated/α-hetero) is 1. The molecular weight excluding hydrogens is 200 g/mol. The molecule has 0 radical (unpaired) electrons. The Morgan fingerprint density at radius 3 is 2.56 bits per heavy atom. The lowest BCUT2D eigenvalue weighted by molar-refractivity contribution is 0.101. The van der Waals surface area contributed by atoms with Crippen molar-refractivity contribution in [1.29, 1.82) is 0 Å². The van der Waals surface area contributed by atoms with Gasteiger partial charge in [0.1, 0.15) is 5.75 Å². The Bertz CT molecular complexity index is 556. The van der Waals surface area contributed by atoms with E-state index in [0.29, 0.717) is 0 Å². The quantitative estimate of drug-likeness (QED) is 0.716. The Labute approximate surface area is 94.8 Å².